The zero-order valence-corrected chi connectivity index (χ0v) is 16.6. The number of rotatable bonds is 4. The molecule has 1 aliphatic rings. The molecule has 1 aliphatic heterocycles. The fourth-order valence-electron chi connectivity index (χ4n) is 2.95. The quantitative estimate of drug-likeness (QED) is 0.460. The van der Waals surface area contributed by atoms with Crippen LogP contribution in [-0.4, -0.2) is 5.78 Å². The number of Topliss-reactive ketones (excluding diaryl/α,β-unsaturated/α-hetero) is 1. The molecule has 0 aromatic heterocycles. The van der Waals surface area contributed by atoms with Crippen molar-refractivity contribution in [2.24, 2.45) is 0 Å². The molecule has 0 aliphatic carbocycles. The van der Waals surface area contributed by atoms with Gasteiger partial charge in [-0.3, -0.25) is 4.79 Å². The molecule has 0 saturated heterocycles. The maximum absolute atomic E-state index is 12.6. The lowest BCUT2D eigenvalue weighted by Crippen LogP contribution is -1.98. The number of hydrogen-bond acceptors (Lipinski definition) is 3. The van der Waals surface area contributed by atoms with E-state index in [0.717, 1.165) is 5.56 Å². The van der Waals surface area contributed by atoms with E-state index in [1.807, 2.05) is 31.2 Å². The van der Waals surface area contributed by atoms with Gasteiger partial charge in [0.25, 0.3) is 0 Å². The van der Waals surface area contributed by atoms with Gasteiger partial charge in [0.05, 0.1) is 5.56 Å². The summed E-state index contributed by atoms with van der Waals surface area (Å²) < 4.78 is 11.6. The van der Waals surface area contributed by atoms with Crippen LogP contribution in [0.1, 0.15) is 27.0 Å². The first-order valence-electron chi connectivity index (χ1n) is 8.72. The maximum Gasteiger partial charge on any atom is 0.231 e. The van der Waals surface area contributed by atoms with Gasteiger partial charge in [0, 0.05) is 16.1 Å². The van der Waals surface area contributed by atoms with Crippen LogP contribution < -0.4 is 9.47 Å². The summed E-state index contributed by atoms with van der Waals surface area (Å²) in [5.74, 6) is 1.14. The van der Waals surface area contributed by atoms with E-state index in [9.17, 15) is 4.79 Å². The van der Waals surface area contributed by atoms with Crippen LogP contribution in [0, 0.1) is 6.92 Å². The fraction of sp³-hybridized carbons (Fsp3) is 0.0870. The Morgan fingerprint density at radius 2 is 1.86 bits per heavy atom. The molecule has 0 spiro atoms. The van der Waals surface area contributed by atoms with Gasteiger partial charge in [0.1, 0.15) is 18.1 Å². The summed E-state index contributed by atoms with van der Waals surface area (Å²) in [6, 6.07) is 18.4. The Kier molecular flexibility index (Phi) is 5.12. The Balaban J connectivity index is 1.54. The number of allylic oxidation sites excluding steroid dienone is 1. The summed E-state index contributed by atoms with van der Waals surface area (Å²) in [6.45, 7) is 2.49. The number of benzene rings is 3. The standard InChI is InChI=1S/C23H16Cl2O3/c1-14-4-2-3-5-16(14)13-27-18-8-9-19-21(12-18)28-22(23(19)26)10-15-6-7-17(24)11-20(15)25/h2-12H,13H2,1H3. The van der Waals surface area contributed by atoms with Crippen molar-refractivity contribution in [1.82, 2.24) is 0 Å². The number of hydrogen-bond donors (Lipinski definition) is 0. The average molecular weight is 411 g/mol. The van der Waals surface area contributed by atoms with Gasteiger partial charge in [-0.2, -0.15) is 0 Å². The van der Waals surface area contributed by atoms with E-state index in [0.29, 0.717) is 39.3 Å². The van der Waals surface area contributed by atoms with Gasteiger partial charge in [-0.05, 0) is 54.0 Å². The third-order valence-electron chi connectivity index (χ3n) is 4.55. The van der Waals surface area contributed by atoms with E-state index in [4.69, 9.17) is 32.7 Å². The second-order valence-corrected chi connectivity index (χ2v) is 7.32. The monoisotopic (exact) mass is 410 g/mol. The molecule has 0 radical (unpaired) electrons. The first-order chi connectivity index (χ1) is 13.5. The van der Waals surface area contributed by atoms with Gasteiger partial charge in [-0.1, -0.05) is 53.5 Å². The number of fused-ring (bicyclic) bond motifs is 1. The first kappa shape index (κ1) is 18.6. The minimum Gasteiger partial charge on any atom is -0.489 e. The zero-order valence-electron chi connectivity index (χ0n) is 15.0. The highest BCUT2D eigenvalue weighted by molar-refractivity contribution is 6.35. The zero-order chi connectivity index (χ0) is 19.7. The van der Waals surface area contributed by atoms with E-state index in [1.54, 1.807) is 42.5 Å². The predicted molar refractivity (Wildman–Crippen MR) is 111 cm³/mol. The Bertz CT molecular complexity index is 1100. The normalized spacial score (nSPS) is 14.1. The molecule has 0 bridgehead atoms. The highest BCUT2D eigenvalue weighted by Crippen LogP contribution is 2.36. The number of carbonyl (C=O) groups excluding carboxylic acids is 1. The second-order valence-electron chi connectivity index (χ2n) is 6.48. The maximum atomic E-state index is 12.6. The van der Waals surface area contributed by atoms with Crippen LogP contribution in [0.4, 0.5) is 0 Å². The molecule has 28 heavy (non-hydrogen) atoms. The van der Waals surface area contributed by atoms with Gasteiger partial charge < -0.3 is 9.47 Å². The summed E-state index contributed by atoms with van der Waals surface area (Å²) in [7, 11) is 0. The molecule has 5 heteroatoms. The summed E-state index contributed by atoms with van der Waals surface area (Å²) in [5.41, 5.74) is 3.44. The molecular weight excluding hydrogens is 395 g/mol. The lowest BCUT2D eigenvalue weighted by Gasteiger charge is -2.09. The van der Waals surface area contributed by atoms with Crippen molar-refractivity contribution in [1.29, 1.82) is 0 Å². The van der Waals surface area contributed by atoms with Gasteiger partial charge >= 0.3 is 0 Å². The van der Waals surface area contributed by atoms with Crippen molar-refractivity contribution in [3.63, 3.8) is 0 Å². The molecule has 0 atom stereocenters. The van der Waals surface area contributed by atoms with E-state index >= 15 is 0 Å². The molecule has 3 aromatic carbocycles. The summed E-state index contributed by atoms with van der Waals surface area (Å²) in [4.78, 5) is 12.6. The fourth-order valence-corrected chi connectivity index (χ4v) is 3.41. The van der Waals surface area contributed by atoms with E-state index in [2.05, 4.69) is 0 Å². The van der Waals surface area contributed by atoms with E-state index in [-0.39, 0.29) is 11.5 Å². The molecule has 0 amide bonds. The lowest BCUT2D eigenvalue weighted by atomic mass is 10.1. The number of aryl methyl sites for hydroxylation is 1. The van der Waals surface area contributed by atoms with Crippen LogP contribution >= 0.6 is 23.2 Å². The third kappa shape index (κ3) is 3.77. The summed E-state index contributed by atoms with van der Waals surface area (Å²) >= 11 is 12.1. The van der Waals surface area contributed by atoms with Crippen LogP contribution in [0.5, 0.6) is 11.5 Å². The highest BCUT2D eigenvalue weighted by Gasteiger charge is 2.28. The first-order valence-corrected chi connectivity index (χ1v) is 9.47. The Morgan fingerprint density at radius 3 is 2.64 bits per heavy atom. The van der Waals surface area contributed by atoms with Crippen molar-refractivity contribution >= 4 is 35.1 Å². The van der Waals surface area contributed by atoms with Crippen molar-refractivity contribution < 1.29 is 14.3 Å². The Morgan fingerprint density at radius 1 is 1.04 bits per heavy atom. The molecular formula is C23H16Cl2O3. The topological polar surface area (TPSA) is 35.5 Å². The highest BCUT2D eigenvalue weighted by atomic mass is 35.5. The average Bonchev–Trinajstić information content (AvgIpc) is 2.98. The van der Waals surface area contributed by atoms with Crippen LogP contribution in [0.15, 0.2) is 66.4 Å². The molecule has 4 rings (SSSR count). The van der Waals surface area contributed by atoms with E-state index < -0.39 is 0 Å². The van der Waals surface area contributed by atoms with Crippen molar-refractivity contribution in [3.8, 4) is 11.5 Å². The van der Waals surface area contributed by atoms with Gasteiger partial charge in [0.2, 0.25) is 5.78 Å². The van der Waals surface area contributed by atoms with Crippen molar-refractivity contribution in [2.45, 2.75) is 13.5 Å². The number of ether oxygens (including phenoxy) is 2. The van der Waals surface area contributed by atoms with Crippen LogP contribution in [0.2, 0.25) is 10.0 Å². The molecule has 140 valence electrons. The molecule has 1 heterocycles. The van der Waals surface area contributed by atoms with Gasteiger partial charge in [-0.25, -0.2) is 0 Å². The van der Waals surface area contributed by atoms with Gasteiger partial charge in [0.15, 0.2) is 5.76 Å². The second kappa shape index (κ2) is 7.70. The van der Waals surface area contributed by atoms with E-state index in [1.165, 1.54) is 5.56 Å². The van der Waals surface area contributed by atoms with Crippen LogP contribution in [0.3, 0.4) is 0 Å². The number of carbonyl (C=O) groups is 1. The molecule has 3 aromatic rings. The Labute approximate surface area is 173 Å². The van der Waals surface area contributed by atoms with Crippen LogP contribution in [0.25, 0.3) is 6.08 Å². The molecule has 0 unspecified atom stereocenters. The molecule has 0 N–H and O–H groups in total. The minimum absolute atomic E-state index is 0.188. The SMILES string of the molecule is Cc1ccccc1COc1ccc2c(c1)OC(=Cc1ccc(Cl)cc1Cl)C2=O. The van der Waals surface area contributed by atoms with Crippen molar-refractivity contribution in [2.75, 3.05) is 0 Å². The third-order valence-corrected chi connectivity index (χ3v) is 5.11. The van der Waals surface area contributed by atoms with Gasteiger partial charge in [-0.15, -0.1) is 0 Å². The minimum atomic E-state index is -0.188. The number of halogens is 2. The molecule has 0 saturated carbocycles. The summed E-state index contributed by atoms with van der Waals surface area (Å²) in [5, 5.41) is 0.985. The summed E-state index contributed by atoms with van der Waals surface area (Å²) in [6.07, 6.45) is 1.62. The van der Waals surface area contributed by atoms with Crippen molar-refractivity contribution in [3.05, 3.63) is 98.7 Å². The molecule has 3 nitrogen and oxygen atoms in total. The number of ketones is 1. The predicted octanol–water partition coefficient (Wildman–Crippen LogP) is 6.50. The molecule has 0 fully saturated rings. The lowest BCUT2D eigenvalue weighted by molar-refractivity contribution is 0.101. The Hall–Kier alpha value is -2.75. The smallest absolute Gasteiger partial charge is 0.231 e. The largest absolute Gasteiger partial charge is 0.489 e. The van der Waals surface area contributed by atoms with Crippen LogP contribution in [-0.2, 0) is 6.61 Å².